The highest BCUT2D eigenvalue weighted by Gasteiger charge is 2.41. The first-order valence-corrected chi connectivity index (χ1v) is 11.5. The highest BCUT2D eigenvalue weighted by Crippen LogP contribution is 2.41. The maximum absolute atomic E-state index is 5.82. The average Bonchev–Trinajstić information content (AvgIpc) is 3.25. The first kappa shape index (κ1) is 22.4. The molecule has 0 radical (unpaired) electrons. The van der Waals surface area contributed by atoms with E-state index in [2.05, 4.69) is 81.9 Å². The fourth-order valence-electron chi connectivity index (χ4n) is 4.58. The number of hydrogen-bond acceptors (Lipinski definition) is 4. The predicted molar refractivity (Wildman–Crippen MR) is 133 cm³/mol. The Morgan fingerprint density at radius 1 is 1.09 bits per heavy atom. The van der Waals surface area contributed by atoms with Gasteiger partial charge in [0.15, 0.2) is 5.11 Å². The molecule has 0 unspecified atom stereocenters. The standard InChI is InChI=1S/C25H32N6S/c1-18-16-21(19(2)31(18)17-20-9-12-26-13-10-20)24-23(22-8-5-6-11-27-22)28-25(32)30(24)15-7-14-29(3)4/h5-6,8-13,16,23-24H,7,14-15,17H2,1-4H3,(H,28,32)/t23-,24+/m1/s1. The molecule has 0 spiro atoms. The number of rotatable bonds is 8. The summed E-state index contributed by atoms with van der Waals surface area (Å²) in [6.45, 7) is 7.18. The smallest absolute Gasteiger partial charge is 0.170 e. The van der Waals surface area contributed by atoms with Gasteiger partial charge in [0.05, 0.1) is 17.8 Å². The van der Waals surface area contributed by atoms with Crippen molar-refractivity contribution in [3.8, 4) is 0 Å². The van der Waals surface area contributed by atoms with Gasteiger partial charge in [-0.05, 0) is 94.6 Å². The van der Waals surface area contributed by atoms with E-state index in [4.69, 9.17) is 12.2 Å². The first-order chi connectivity index (χ1) is 15.5. The van der Waals surface area contributed by atoms with Crippen LogP contribution in [0.5, 0.6) is 0 Å². The van der Waals surface area contributed by atoms with Gasteiger partial charge in [-0.1, -0.05) is 6.07 Å². The van der Waals surface area contributed by atoms with E-state index in [9.17, 15) is 0 Å². The topological polar surface area (TPSA) is 49.2 Å². The van der Waals surface area contributed by atoms with Gasteiger partial charge in [0.1, 0.15) is 0 Å². The fraction of sp³-hybridized carbons (Fsp3) is 0.400. The van der Waals surface area contributed by atoms with E-state index in [1.54, 1.807) is 0 Å². The van der Waals surface area contributed by atoms with Gasteiger partial charge in [-0.2, -0.15) is 0 Å². The lowest BCUT2D eigenvalue weighted by molar-refractivity contribution is 0.292. The van der Waals surface area contributed by atoms with Crippen molar-refractivity contribution >= 4 is 17.3 Å². The molecule has 0 aliphatic carbocycles. The Bertz CT molecular complexity index is 1050. The van der Waals surface area contributed by atoms with E-state index in [1.165, 1.54) is 22.5 Å². The second-order valence-corrected chi connectivity index (χ2v) is 9.13. The summed E-state index contributed by atoms with van der Waals surface area (Å²) < 4.78 is 2.39. The molecular formula is C25H32N6S. The molecule has 32 heavy (non-hydrogen) atoms. The number of thiocarbonyl (C=S) groups is 1. The normalized spacial score (nSPS) is 18.4. The fourth-order valence-corrected chi connectivity index (χ4v) is 4.92. The van der Waals surface area contributed by atoms with E-state index in [0.717, 1.165) is 36.9 Å². The molecule has 2 atom stereocenters. The van der Waals surface area contributed by atoms with Crippen molar-refractivity contribution in [3.63, 3.8) is 0 Å². The molecular weight excluding hydrogens is 416 g/mol. The SMILES string of the molecule is Cc1cc([C@H]2[C@@H](c3ccccn3)NC(=S)N2CCCN(C)C)c(C)n1Cc1ccncc1. The lowest BCUT2D eigenvalue weighted by Gasteiger charge is -2.28. The third-order valence-corrected chi connectivity index (χ3v) is 6.58. The number of hydrogen-bond donors (Lipinski definition) is 1. The Hall–Kier alpha value is -2.77. The van der Waals surface area contributed by atoms with Gasteiger partial charge in [0, 0.05) is 43.1 Å². The Morgan fingerprint density at radius 2 is 1.88 bits per heavy atom. The van der Waals surface area contributed by atoms with Crippen LogP contribution in [-0.4, -0.2) is 56.6 Å². The Labute approximate surface area is 196 Å². The van der Waals surface area contributed by atoms with Gasteiger partial charge in [-0.15, -0.1) is 0 Å². The maximum atomic E-state index is 5.82. The lowest BCUT2D eigenvalue weighted by atomic mass is 9.96. The summed E-state index contributed by atoms with van der Waals surface area (Å²) in [6, 6.07) is 12.7. The molecule has 0 amide bonds. The molecule has 3 aromatic heterocycles. The van der Waals surface area contributed by atoms with Crippen LogP contribution >= 0.6 is 12.2 Å². The number of nitrogens with zero attached hydrogens (tertiary/aromatic N) is 5. The van der Waals surface area contributed by atoms with E-state index in [-0.39, 0.29) is 12.1 Å². The van der Waals surface area contributed by atoms with E-state index in [0.29, 0.717) is 0 Å². The summed E-state index contributed by atoms with van der Waals surface area (Å²) >= 11 is 5.82. The summed E-state index contributed by atoms with van der Waals surface area (Å²) in [7, 11) is 4.23. The van der Waals surface area contributed by atoms with Gasteiger partial charge in [0.25, 0.3) is 0 Å². The van der Waals surface area contributed by atoms with Gasteiger partial charge in [-0.3, -0.25) is 9.97 Å². The zero-order valence-electron chi connectivity index (χ0n) is 19.3. The van der Waals surface area contributed by atoms with Crippen LogP contribution in [0.1, 0.15) is 46.7 Å². The molecule has 0 saturated carbocycles. The summed E-state index contributed by atoms with van der Waals surface area (Å²) in [6.07, 6.45) is 6.62. The summed E-state index contributed by atoms with van der Waals surface area (Å²) in [4.78, 5) is 13.4. The molecule has 7 heteroatoms. The molecule has 1 aliphatic rings. The molecule has 168 valence electrons. The highest BCUT2D eigenvalue weighted by atomic mass is 32.1. The number of aromatic nitrogens is 3. The zero-order chi connectivity index (χ0) is 22.7. The van der Waals surface area contributed by atoms with Crippen LogP contribution in [0.25, 0.3) is 0 Å². The molecule has 0 aromatic carbocycles. The van der Waals surface area contributed by atoms with Gasteiger partial charge < -0.3 is 19.7 Å². The molecule has 1 fully saturated rings. The monoisotopic (exact) mass is 448 g/mol. The molecule has 0 bridgehead atoms. The molecule has 4 rings (SSSR count). The van der Waals surface area contributed by atoms with E-state index in [1.807, 2.05) is 30.7 Å². The van der Waals surface area contributed by atoms with E-state index >= 15 is 0 Å². The minimum absolute atomic E-state index is 0.0259. The van der Waals surface area contributed by atoms with Gasteiger partial charge >= 0.3 is 0 Å². The Kier molecular flexibility index (Phi) is 6.86. The van der Waals surface area contributed by atoms with Crippen LogP contribution in [0.2, 0.25) is 0 Å². The minimum Gasteiger partial charge on any atom is -0.352 e. The van der Waals surface area contributed by atoms with Gasteiger partial charge in [-0.25, -0.2) is 0 Å². The van der Waals surface area contributed by atoms with Crippen molar-refractivity contribution in [3.05, 3.63) is 83.2 Å². The van der Waals surface area contributed by atoms with Crippen LogP contribution in [0.4, 0.5) is 0 Å². The maximum Gasteiger partial charge on any atom is 0.170 e. The van der Waals surface area contributed by atoms with Crippen molar-refractivity contribution in [2.75, 3.05) is 27.2 Å². The molecule has 6 nitrogen and oxygen atoms in total. The van der Waals surface area contributed by atoms with Crippen LogP contribution in [0, 0.1) is 13.8 Å². The predicted octanol–water partition coefficient (Wildman–Crippen LogP) is 3.87. The van der Waals surface area contributed by atoms with Crippen molar-refractivity contribution < 1.29 is 0 Å². The number of nitrogens with one attached hydrogen (secondary N) is 1. The second kappa shape index (κ2) is 9.79. The van der Waals surface area contributed by atoms with Crippen molar-refractivity contribution in [2.24, 2.45) is 0 Å². The molecule has 1 saturated heterocycles. The third kappa shape index (κ3) is 4.69. The van der Waals surface area contributed by atoms with Crippen molar-refractivity contribution in [2.45, 2.75) is 38.9 Å². The molecule has 1 N–H and O–H groups in total. The van der Waals surface area contributed by atoms with Gasteiger partial charge in [0.2, 0.25) is 0 Å². The van der Waals surface area contributed by atoms with Crippen LogP contribution in [0.15, 0.2) is 55.0 Å². The van der Waals surface area contributed by atoms with Crippen LogP contribution in [-0.2, 0) is 6.54 Å². The van der Waals surface area contributed by atoms with Crippen molar-refractivity contribution in [1.29, 1.82) is 0 Å². The quantitative estimate of drug-likeness (QED) is 0.528. The van der Waals surface area contributed by atoms with Crippen LogP contribution in [0.3, 0.4) is 0 Å². The Balaban J connectivity index is 1.70. The molecule has 4 heterocycles. The zero-order valence-corrected chi connectivity index (χ0v) is 20.1. The third-order valence-electron chi connectivity index (χ3n) is 6.22. The molecule has 3 aromatic rings. The number of aryl methyl sites for hydroxylation is 1. The van der Waals surface area contributed by atoms with Crippen LogP contribution < -0.4 is 5.32 Å². The minimum atomic E-state index is 0.0259. The lowest BCUT2D eigenvalue weighted by Crippen LogP contribution is -2.32. The second-order valence-electron chi connectivity index (χ2n) is 8.74. The summed E-state index contributed by atoms with van der Waals surface area (Å²) in [5, 5.41) is 4.38. The largest absolute Gasteiger partial charge is 0.352 e. The van der Waals surface area contributed by atoms with E-state index < -0.39 is 0 Å². The van der Waals surface area contributed by atoms with Crippen molar-refractivity contribution in [1.82, 2.24) is 29.7 Å². The summed E-state index contributed by atoms with van der Waals surface area (Å²) in [5.41, 5.74) is 6.10. The first-order valence-electron chi connectivity index (χ1n) is 11.1. The highest BCUT2D eigenvalue weighted by molar-refractivity contribution is 7.80. The Morgan fingerprint density at radius 3 is 2.56 bits per heavy atom. The molecule has 1 aliphatic heterocycles. The summed E-state index contributed by atoms with van der Waals surface area (Å²) in [5.74, 6) is 0. The average molecular weight is 449 g/mol. The number of pyridine rings is 2.